The summed E-state index contributed by atoms with van der Waals surface area (Å²) < 4.78 is 11.7. The molecule has 322 valence electrons. The van der Waals surface area contributed by atoms with Crippen molar-refractivity contribution < 1.29 is 4.42 Å². The number of aryl methyl sites for hydroxylation is 1. The number of benzene rings is 10. The number of hydrogen-bond donors (Lipinski definition) is 0. The average Bonchev–Trinajstić information content (AvgIpc) is 4.11. The van der Waals surface area contributed by atoms with E-state index in [1.165, 1.54) is 86.5 Å². The van der Waals surface area contributed by atoms with E-state index < -0.39 is 0 Å². The second-order valence-electron chi connectivity index (χ2n) is 18.9. The van der Waals surface area contributed by atoms with Gasteiger partial charge in [-0.25, -0.2) is 0 Å². The Hall–Kier alpha value is -8.18. The summed E-state index contributed by atoms with van der Waals surface area (Å²) in [6.45, 7) is 6.91. The number of fused-ring (bicyclic) bond motifs is 12. The minimum absolute atomic E-state index is 0.242. The fraction of sp³-hybridized carbons (Fsp3) is 0.0625. The van der Waals surface area contributed by atoms with Gasteiger partial charge in [0, 0.05) is 70.1 Å². The maximum absolute atomic E-state index is 6.60. The fourth-order valence-corrected chi connectivity index (χ4v) is 12.7. The number of rotatable bonds is 6. The summed E-state index contributed by atoms with van der Waals surface area (Å²) >= 11 is 1.88. The fourth-order valence-electron chi connectivity index (χ4n) is 11.5. The standard InChI is InChI=1S/C64H44N2OS/c1-39-26-28-40(29-27-39)53-36-41(44-18-12-20-52-50-17-7-11-25-61(50)68-63(44)52)30-35-56(53)66-55-22-9-5-15-46(55)47-33-31-42(37-58(47)66)65(43-32-34-49-48-16-6-10-24-59(48)67-60(49)38-43)57-23-13-19-51-45-14-4-8-21-54(45)64(2,3)62(51)57/h4-38H,1-3H3. The highest BCUT2D eigenvalue weighted by Crippen LogP contribution is 2.55. The molecule has 3 heterocycles. The van der Waals surface area contributed by atoms with Gasteiger partial charge >= 0.3 is 0 Å². The van der Waals surface area contributed by atoms with Crippen LogP contribution in [0.4, 0.5) is 17.1 Å². The zero-order chi connectivity index (χ0) is 45.3. The quantitative estimate of drug-likeness (QED) is 0.166. The molecule has 0 amide bonds. The lowest BCUT2D eigenvalue weighted by molar-refractivity contribution is 0.660. The van der Waals surface area contributed by atoms with Crippen molar-refractivity contribution in [3.8, 4) is 39.1 Å². The first-order valence-electron chi connectivity index (χ1n) is 23.5. The van der Waals surface area contributed by atoms with Gasteiger partial charge in [-0.1, -0.05) is 165 Å². The van der Waals surface area contributed by atoms with Gasteiger partial charge in [0.15, 0.2) is 0 Å². The van der Waals surface area contributed by atoms with Crippen molar-refractivity contribution in [1.29, 1.82) is 0 Å². The van der Waals surface area contributed by atoms with Crippen molar-refractivity contribution in [1.82, 2.24) is 4.57 Å². The SMILES string of the molecule is Cc1ccc(-c2cc(-c3cccc4c3sc3ccccc34)ccc2-n2c3ccccc3c3ccc(N(c4ccc5c(c4)oc4ccccc45)c4cccc5c4C(C)(C)c4ccccc4-5)cc32)cc1. The molecule has 0 spiro atoms. The van der Waals surface area contributed by atoms with E-state index >= 15 is 0 Å². The summed E-state index contributed by atoms with van der Waals surface area (Å²) in [6.07, 6.45) is 0. The van der Waals surface area contributed by atoms with Gasteiger partial charge in [-0.15, -0.1) is 11.3 Å². The highest BCUT2D eigenvalue weighted by Gasteiger charge is 2.39. The van der Waals surface area contributed by atoms with Gasteiger partial charge in [0.25, 0.3) is 0 Å². The smallest absolute Gasteiger partial charge is 0.137 e. The molecule has 14 rings (SSSR count). The van der Waals surface area contributed by atoms with Gasteiger partial charge in [0.05, 0.1) is 22.4 Å². The van der Waals surface area contributed by atoms with Gasteiger partial charge < -0.3 is 13.9 Å². The normalized spacial score (nSPS) is 13.0. The molecule has 0 unspecified atom stereocenters. The first-order chi connectivity index (χ1) is 33.4. The van der Waals surface area contributed by atoms with E-state index in [4.69, 9.17) is 4.42 Å². The minimum Gasteiger partial charge on any atom is -0.456 e. The maximum atomic E-state index is 6.60. The molecule has 68 heavy (non-hydrogen) atoms. The number of para-hydroxylation sites is 2. The van der Waals surface area contributed by atoms with Crippen LogP contribution < -0.4 is 4.90 Å². The largest absolute Gasteiger partial charge is 0.456 e. The molecule has 0 saturated carbocycles. The number of furan rings is 1. The zero-order valence-corrected chi connectivity index (χ0v) is 38.7. The van der Waals surface area contributed by atoms with Gasteiger partial charge in [-0.05, 0) is 107 Å². The molecule has 0 radical (unpaired) electrons. The van der Waals surface area contributed by atoms with Crippen LogP contribution in [0.3, 0.4) is 0 Å². The van der Waals surface area contributed by atoms with Crippen LogP contribution in [0.15, 0.2) is 217 Å². The predicted molar refractivity (Wildman–Crippen MR) is 289 cm³/mol. The van der Waals surface area contributed by atoms with Gasteiger partial charge in [-0.2, -0.15) is 0 Å². The molecule has 3 nitrogen and oxygen atoms in total. The summed E-state index contributed by atoms with van der Waals surface area (Å²) in [4.78, 5) is 2.47. The minimum atomic E-state index is -0.242. The summed E-state index contributed by atoms with van der Waals surface area (Å²) in [5.41, 5.74) is 19.5. The Morgan fingerprint density at radius 2 is 1.10 bits per heavy atom. The van der Waals surface area contributed by atoms with Crippen molar-refractivity contribution in [3.05, 3.63) is 229 Å². The molecule has 10 aromatic carbocycles. The van der Waals surface area contributed by atoms with Gasteiger partial charge in [0.2, 0.25) is 0 Å². The number of nitrogens with zero attached hydrogens (tertiary/aromatic N) is 2. The van der Waals surface area contributed by atoms with Crippen molar-refractivity contribution in [2.24, 2.45) is 0 Å². The highest BCUT2D eigenvalue weighted by molar-refractivity contribution is 7.26. The van der Waals surface area contributed by atoms with Crippen LogP contribution in [0.1, 0.15) is 30.5 Å². The topological polar surface area (TPSA) is 21.3 Å². The van der Waals surface area contributed by atoms with Crippen LogP contribution in [-0.2, 0) is 5.41 Å². The summed E-state index contributed by atoms with van der Waals surface area (Å²) in [5.74, 6) is 0. The first kappa shape index (κ1) is 39.0. The van der Waals surface area contributed by atoms with Crippen molar-refractivity contribution in [2.45, 2.75) is 26.2 Å². The van der Waals surface area contributed by atoms with Gasteiger partial charge in [0.1, 0.15) is 11.2 Å². The van der Waals surface area contributed by atoms with Crippen molar-refractivity contribution in [3.63, 3.8) is 0 Å². The molecule has 3 aromatic heterocycles. The summed E-state index contributed by atoms with van der Waals surface area (Å²) in [5, 5.41) is 7.28. The molecule has 0 saturated heterocycles. The molecule has 0 N–H and O–H groups in total. The predicted octanol–water partition coefficient (Wildman–Crippen LogP) is 18.5. The highest BCUT2D eigenvalue weighted by atomic mass is 32.1. The Balaban J connectivity index is 1.03. The third-order valence-corrected chi connectivity index (χ3v) is 15.9. The Morgan fingerprint density at radius 1 is 0.456 bits per heavy atom. The average molecular weight is 889 g/mol. The van der Waals surface area contributed by atoms with E-state index in [1.807, 2.05) is 17.4 Å². The molecular formula is C64H44N2OS. The third-order valence-electron chi connectivity index (χ3n) is 14.7. The van der Waals surface area contributed by atoms with Crippen molar-refractivity contribution in [2.75, 3.05) is 4.90 Å². The second kappa shape index (κ2) is 14.7. The Kier molecular flexibility index (Phi) is 8.41. The summed E-state index contributed by atoms with van der Waals surface area (Å²) in [6, 6.07) is 78.4. The Morgan fingerprint density at radius 3 is 1.99 bits per heavy atom. The maximum Gasteiger partial charge on any atom is 0.137 e. The third kappa shape index (κ3) is 5.71. The Bertz CT molecular complexity index is 4200. The molecule has 0 aliphatic heterocycles. The first-order valence-corrected chi connectivity index (χ1v) is 24.3. The lowest BCUT2D eigenvalue weighted by Gasteiger charge is -2.32. The molecule has 4 heteroatoms. The molecule has 0 atom stereocenters. The van der Waals surface area contributed by atoms with E-state index in [0.29, 0.717) is 0 Å². The van der Waals surface area contributed by atoms with Crippen LogP contribution in [0.5, 0.6) is 0 Å². The zero-order valence-electron chi connectivity index (χ0n) is 37.9. The van der Waals surface area contributed by atoms with Crippen LogP contribution in [0.25, 0.3) is 103 Å². The molecular weight excluding hydrogens is 845 g/mol. The molecule has 13 aromatic rings. The monoisotopic (exact) mass is 888 g/mol. The molecule has 0 bridgehead atoms. The van der Waals surface area contributed by atoms with Crippen LogP contribution in [0, 0.1) is 6.92 Å². The van der Waals surface area contributed by atoms with E-state index in [0.717, 1.165) is 50.2 Å². The molecule has 1 aliphatic rings. The summed E-state index contributed by atoms with van der Waals surface area (Å²) in [7, 11) is 0. The number of hydrogen-bond acceptors (Lipinski definition) is 3. The lowest BCUT2D eigenvalue weighted by atomic mass is 9.81. The van der Waals surface area contributed by atoms with Crippen LogP contribution >= 0.6 is 11.3 Å². The van der Waals surface area contributed by atoms with E-state index in [9.17, 15) is 0 Å². The lowest BCUT2D eigenvalue weighted by Crippen LogP contribution is -2.20. The number of aromatic nitrogens is 1. The van der Waals surface area contributed by atoms with E-state index in [1.54, 1.807) is 0 Å². The Labute approximate surface area is 398 Å². The number of anilines is 3. The molecule has 0 fully saturated rings. The van der Waals surface area contributed by atoms with Gasteiger partial charge in [-0.3, -0.25) is 0 Å². The van der Waals surface area contributed by atoms with Crippen LogP contribution in [-0.4, -0.2) is 4.57 Å². The van der Waals surface area contributed by atoms with Crippen molar-refractivity contribution >= 4 is 92.3 Å². The van der Waals surface area contributed by atoms with E-state index in [2.05, 4.69) is 236 Å². The molecule has 1 aliphatic carbocycles. The van der Waals surface area contributed by atoms with E-state index in [-0.39, 0.29) is 5.41 Å². The van der Waals surface area contributed by atoms with Crippen LogP contribution in [0.2, 0.25) is 0 Å². The second-order valence-corrected chi connectivity index (χ2v) is 20.0. The number of thiophene rings is 1.